The number of nitrogens with one attached hydrogen (secondary N) is 1. The van der Waals surface area contributed by atoms with Gasteiger partial charge in [0.1, 0.15) is 0 Å². The fourth-order valence-electron chi connectivity index (χ4n) is 1.99. The second kappa shape index (κ2) is 2.42. The molecule has 1 nitrogen and oxygen atoms in total. The van der Waals surface area contributed by atoms with E-state index < -0.39 is 0 Å². The van der Waals surface area contributed by atoms with Crippen LogP contribution < -0.4 is 0 Å². The maximum atomic E-state index is 5.56. The van der Waals surface area contributed by atoms with Crippen LogP contribution in [0.3, 0.4) is 0 Å². The van der Waals surface area contributed by atoms with Crippen LogP contribution in [0, 0.1) is 12.3 Å². The fourth-order valence-corrected chi connectivity index (χ4v) is 1.99. The second-order valence-corrected chi connectivity index (χ2v) is 4.01. The van der Waals surface area contributed by atoms with Gasteiger partial charge in [0.15, 0.2) is 0 Å². The first-order valence-corrected chi connectivity index (χ1v) is 4.89. The van der Waals surface area contributed by atoms with Gasteiger partial charge in [0.25, 0.3) is 0 Å². The first kappa shape index (κ1) is 7.70. The molecule has 2 aromatic rings. The molecule has 1 heteroatoms. The van der Waals surface area contributed by atoms with E-state index in [0.717, 1.165) is 12.8 Å². The van der Waals surface area contributed by atoms with E-state index in [9.17, 15) is 0 Å². The number of H-pyrrole nitrogens is 1. The van der Waals surface area contributed by atoms with Crippen LogP contribution in [0.4, 0.5) is 0 Å². The summed E-state index contributed by atoms with van der Waals surface area (Å²) in [6.07, 6.45) is 9.79. The summed E-state index contributed by atoms with van der Waals surface area (Å²) in [5, 5.41) is 1.25. The number of rotatable bonds is 1. The van der Waals surface area contributed by atoms with Crippen molar-refractivity contribution in [2.45, 2.75) is 18.3 Å². The molecule has 0 spiro atoms. The third kappa shape index (κ3) is 0.914. The van der Waals surface area contributed by atoms with Crippen LogP contribution in [0.15, 0.2) is 30.5 Å². The summed E-state index contributed by atoms with van der Waals surface area (Å²) in [7, 11) is 0. The van der Waals surface area contributed by atoms with Gasteiger partial charge in [-0.1, -0.05) is 18.1 Å². The van der Waals surface area contributed by atoms with E-state index in [0.29, 0.717) is 0 Å². The smallest absolute Gasteiger partial charge is 0.0562 e. The number of fused-ring (bicyclic) bond motifs is 1. The lowest BCUT2D eigenvalue weighted by Gasteiger charge is -2.07. The maximum absolute atomic E-state index is 5.56. The standard InChI is InChI=1S/C13H11N/c1-2-13(6-7-13)11-4-3-10-5-8-14-12(10)9-11/h1,3-5,8-9,14H,6-7H2. The van der Waals surface area contributed by atoms with Gasteiger partial charge in [0.05, 0.1) is 5.41 Å². The average molecular weight is 181 g/mol. The number of terminal acetylenes is 1. The number of aromatic amines is 1. The minimum absolute atomic E-state index is 0.0549. The summed E-state index contributed by atoms with van der Waals surface area (Å²) < 4.78 is 0. The Morgan fingerprint density at radius 3 is 2.86 bits per heavy atom. The van der Waals surface area contributed by atoms with E-state index in [1.807, 2.05) is 6.20 Å². The lowest BCUT2D eigenvalue weighted by molar-refractivity contribution is 0.933. The SMILES string of the molecule is C#CC1(c2ccc3cc[nH]c3c2)CC1. The monoisotopic (exact) mass is 181 g/mol. The van der Waals surface area contributed by atoms with Crippen molar-refractivity contribution in [1.29, 1.82) is 0 Å². The second-order valence-electron chi connectivity index (χ2n) is 4.01. The van der Waals surface area contributed by atoms with Crippen molar-refractivity contribution >= 4 is 10.9 Å². The molecule has 1 saturated carbocycles. The highest BCUT2D eigenvalue weighted by Gasteiger charge is 2.42. The van der Waals surface area contributed by atoms with Crippen molar-refractivity contribution in [2.75, 3.05) is 0 Å². The number of hydrogen-bond donors (Lipinski definition) is 1. The Hall–Kier alpha value is -1.68. The van der Waals surface area contributed by atoms with Gasteiger partial charge in [0.2, 0.25) is 0 Å². The molecule has 1 N–H and O–H groups in total. The molecule has 0 radical (unpaired) electrons. The van der Waals surface area contributed by atoms with Gasteiger partial charge < -0.3 is 4.98 Å². The molecular weight excluding hydrogens is 170 g/mol. The molecule has 14 heavy (non-hydrogen) atoms. The molecule has 1 heterocycles. The summed E-state index contributed by atoms with van der Waals surface area (Å²) in [6, 6.07) is 8.55. The Labute approximate surface area is 83.1 Å². The molecule has 1 aliphatic rings. The molecule has 0 atom stereocenters. The zero-order chi connectivity index (χ0) is 9.60. The Balaban J connectivity index is 2.19. The van der Waals surface area contributed by atoms with Crippen LogP contribution in [0.25, 0.3) is 10.9 Å². The molecule has 0 amide bonds. The van der Waals surface area contributed by atoms with Crippen molar-refractivity contribution in [3.8, 4) is 12.3 Å². The Morgan fingerprint density at radius 2 is 2.14 bits per heavy atom. The van der Waals surface area contributed by atoms with Crippen LogP contribution >= 0.6 is 0 Å². The van der Waals surface area contributed by atoms with Crippen LogP contribution in [-0.2, 0) is 5.41 Å². The van der Waals surface area contributed by atoms with Gasteiger partial charge in [-0.3, -0.25) is 0 Å². The normalized spacial score (nSPS) is 17.9. The zero-order valence-electron chi connectivity index (χ0n) is 7.88. The summed E-state index contributed by atoms with van der Waals surface area (Å²) in [6.45, 7) is 0. The largest absolute Gasteiger partial charge is 0.361 e. The molecule has 1 aliphatic carbocycles. The quantitative estimate of drug-likeness (QED) is 0.651. The van der Waals surface area contributed by atoms with Crippen molar-refractivity contribution in [3.05, 3.63) is 36.0 Å². The van der Waals surface area contributed by atoms with Gasteiger partial charge in [-0.05, 0) is 35.9 Å². The topological polar surface area (TPSA) is 15.8 Å². The summed E-state index contributed by atoms with van der Waals surface area (Å²) >= 11 is 0. The molecule has 0 aliphatic heterocycles. The predicted octanol–water partition coefficient (Wildman–Crippen LogP) is 2.83. The average Bonchev–Trinajstić information content (AvgIpc) is 2.89. The zero-order valence-corrected chi connectivity index (χ0v) is 7.88. The summed E-state index contributed by atoms with van der Waals surface area (Å²) in [5.74, 6) is 2.91. The van der Waals surface area contributed by atoms with E-state index in [4.69, 9.17) is 6.42 Å². The predicted molar refractivity (Wildman–Crippen MR) is 58.0 cm³/mol. The number of hydrogen-bond acceptors (Lipinski definition) is 0. The molecule has 1 fully saturated rings. The Kier molecular flexibility index (Phi) is 1.33. The van der Waals surface area contributed by atoms with Crippen molar-refractivity contribution in [1.82, 2.24) is 4.98 Å². The van der Waals surface area contributed by atoms with Gasteiger partial charge in [-0.15, -0.1) is 6.42 Å². The molecular formula is C13H11N. The molecule has 1 aromatic heterocycles. The van der Waals surface area contributed by atoms with Crippen LogP contribution in [0.1, 0.15) is 18.4 Å². The van der Waals surface area contributed by atoms with Crippen molar-refractivity contribution < 1.29 is 0 Å². The highest BCUT2D eigenvalue weighted by atomic mass is 14.7. The minimum atomic E-state index is 0.0549. The molecule has 0 bridgehead atoms. The lowest BCUT2D eigenvalue weighted by atomic mass is 9.96. The van der Waals surface area contributed by atoms with E-state index in [1.54, 1.807) is 0 Å². The minimum Gasteiger partial charge on any atom is -0.361 e. The number of aromatic nitrogens is 1. The summed E-state index contributed by atoms with van der Waals surface area (Å²) in [4.78, 5) is 3.22. The maximum Gasteiger partial charge on any atom is 0.0562 e. The van der Waals surface area contributed by atoms with Gasteiger partial charge >= 0.3 is 0 Å². The Morgan fingerprint density at radius 1 is 1.29 bits per heavy atom. The molecule has 0 saturated heterocycles. The fraction of sp³-hybridized carbons (Fsp3) is 0.231. The van der Waals surface area contributed by atoms with Crippen LogP contribution in [-0.4, -0.2) is 4.98 Å². The molecule has 3 rings (SSSR count). The van der Waals surface area contributed by atoms with E-state index in [1.165, 1.54) is 16.5 Å². The first-order valence-electron chi connectivity index (χ1n) is 4.89. The van der Waals surface area contributed by atoms with Gasteiger partial charge in [-0.25, -0.2) is 0 Å². The Bertz CT molecular complexity index is 523. The first-order chi connectivity index (χ1) is 6.84. The van der Waals surface area contributed by atoms with E-state index in [2.05, 4.69) is 35.2 Å². The molecule has 0 unspecified atom stereocenters. The highest BCUT2D eigenvalue weighted by molar-refractivity contribution is 5.80. The van der Waals surface area contributed by atoms with Crippen molar-refractivity contribution in [2.24, 2.45) is 0 Å². The summed E-state index contributed by atoms with van der Waals surface area (Å²) in [5.41, 5.74) is 2.53. The van der Waals surface area contributed by atoms with Gasteiger partial charge in [-0.2, -0.15) is 0 Å². The van der Waals surface area contributed by atoms with E-state index >= 15 is 0 Å². The lowest BCUT2D eigenvalue weighted by Crippen LogP contribution is -2.01. The highest BCUT2D eigenvalue weighted by Crippen LogP contribution is 2.47. The van der Waals surface area contributed by atoms with Crippen LogP contribution in [0.5, 0.6) is 0 Å². The third-order valence-corrected chi connectivity index (χ3v) is 3.13. The van der Waals surface area contributed by atoms with E-state index in [-0.39, 0.29) is 5.41 Å². The third-order valence-electron chi connectivity index (χ3n) is 3.13. The van der Waals surface area contributed by atoms with Crippen LogP contribution in [0.2, 0.25) is 0 Å². The molecule has 68 valence electrons. The van der Waals surface area contributed by atoms with Gasteiger partial charge in [0, 0.05) is 11.7 Å². The number of benzene rings is 1. The van der Waals surface area contributed by atoms with Crippen molar-refractivity contribution in [3.63, 3.8) is 0 Å². The molecule has 1 aromatic carbocycles.